The van der Waals surface area contributed by atoms with Gasteiger partial charge in [-0.2, -0.15) is 5.26 Å². The molecular formula is C15H28BN2O3P. The van der Waals surface area contributed by atoms with E-state index in [9.17, 15) is 0 Å². The van der Waals surface area contributed by atoms with E-state index in [-0.39, 0.29) is 18.2 Å². The van der Waals surface area contributed by atoms with Crippen molar-refractivity contribution < 1.29 is 13.8 Å². The van der Waals surface area contributed by atoms with Crippen LogP contribution in [0.3, 0.4) is 0 Å². The van der Waals surface area contributed by atoms with Crippen molar-refractivity contribution in [3.63, 3.8) is 0 Å². The molecule has 0 bridgehead atoms. The Morgan fingerprint density at radius 1 is 1.36 bits per heavy atom. The molecule has 0 aromatic rings. The average Bonchev–Trinajstić information content (AvgIpc) is 2.78. The van der Waals surface area contributed by atoms with Gasteiger partial charge in [-0.25, -0.2) is 4.67 Å². The molecule has 7 heteroatoms. The van der Waals surface area contributed by atoms with Crippen LogP contribution in [0, 0.1) is 11.3 Å². The van der Waals surface area contributed by atoms with Gasteiger partial charge >= 0.3 is 0 Å². The zero-order chi connectivity index (χ0) is 16.7. The van der Waals surface area contributed by atoms with Gasteiger partial charge in [-0.3, -0.25) is 0 Å². The van der Waals surface area contributed by atoms with Crippen LogP contribution >= 0.6 is 8.53 Å². The first-order chi connectivity index (χ1) is 10.4. The molecule has 0 aromatic carbocycles. The lowest BCUT2D eigenvalue weighted by Gasteiger charge is -2.37. The van der Waals surface area contributed by atoms with Crippen LogP contribution in [0.25, 0.3) is 0 Å². The zero-order valence-corrected chi connectivity index (χ0v) is 15.3. The minimum atomic E-state index is -1.23. The first-order valence-corrected chi connectivity index (χ1v) is 9.19. The molecule has 5 nitrogen and oxygen atoms in total. The van der Waals surface area contributed by atoms with E-state index in [1.807, 2.05) is 0 Å². The molecule has 0 aliphatic carbocycles. The van der Waals surface area contributed by atoms with Crippen molar-refractivity contribution in [2.24, 2.45) is 0 Å². The summed E-state index contributed by atoms with van der Waals surface area (Å²) in [4.78, 5) is 0. The van der Waals surface area contributed by atoms with Gasteiger partial charge in [0.1, 0.15) is 7.85 Å². The summed E-state index contributed by atoms with van der Waals surface area (Å²) in [5.41, 5.74) is 0. The molecule has 0 aromatic heterocycles. The number of rotatable bonds is 9. The smallest absolute Gasteiger partial charge is 0.259 e. The van der Waals surface area contributed by atoms with Gasteiger partial charge in [-0.15, -0.1) is 0 Å². The van der Waals surface area contributed by atoms with Crippen molar-refractivity contribution in [3.05, 3.63) is 0 Å². The number of hydrogen-bond donors (Lipinski definition) is 0. The summed E-state index contributed by atoms with van der Waals surface area (Å²) in [5.74, 6) is 0. The molecule has 0 N–H and O–H groups in total. The summed E-state index contributed by atoms with van der Waals surface area (Å²) in [6.45, 7) is 11.0. The largest absolute Gasteiger partial charge is 0.382 e. The molecule has 1 aliphatic rings. The number of hydrogen-bond acceptors (Lipinski definition) is 5. The summed E-state index contributed by atoms with van der Waals surface area (Å²) in [7, 11) is 4.66. The fourth-order valence-corrected chi connectivity index (χ4v) is 4.39. The average molecular weight is 326 g/mol. The van der Waals surface area contributed by atoms with Crippen LogP contribution in [0.15, 0.2) is 0 Å². The van der Waals surface area contributed by atoms with Gasteiger partial charge < -0.3 is 13.8 Å². The van der Waals surface area contributed by atoms with Crippen molar-refractivity contribution in [1.29, 1.82) is 5.26 Å². The Labute approximate surface area is 137 Å². The molecule has 2 unspecified atom stereocenters. The van der Waals surface area contributed by atoms with E-state index in [0.29, 0.717) is 31.5 Å². The minimum Gasteiger partial charge on any atom is -0.382 e. The summed E-state index contributed by atoms with van der Waals surface area (Å²) in [6, 6.07) is 2.43. The maximum Gasteiger partial charge on any atom is 0.259 e. The second-order valence-corrected chi connectivity index (χ2v) is 7.45. The lowest BCUT2D eigenvalue weighted by molar-refractivity contribution is 0.0317. The maximum atomic E-state index is 8.72. The molecule has 1 fully saturated rings. The van der Waals surface area contributed by atoms with Crippen LogP contribution in [0.5, 0.6) is 0 Å². The highest BCUT2D eigenvalue weighted by atomic mass is 31.2. The number of nitrogens with zero attached hydrogens (tertiary/aromatic N) is 2. The molecule has 1 saturated heterocycles. The summed E-state index contributed by atoms with van der Waals surface area (Å²) < 4.78 is 20.1. The first kappa shape index (κ1) is 19.9. The van der Waals surface area contributed by atoms with Gasteiger partial charge in [0.05, 0.1) is 31.3 Å². The topological polar surface area (TPSA) is 54.7 Å². The maximum absolute atomic E-state index is 8.72. The second kappa shape index (κ2) is 9.85. The normalized spacial score (nSPS) is 26.8. The van der Waals surface area contributed by atoms with Crippen LogP contribution in [0.1, 0.15) is 53.9 Å². The fourth-order valence-electron chi connectivity index (χ4n) is 2.63. The Morgan fingerprint density at radius 3 is 2.50 bits per heavy atom. The van der Waals surface area contributed by atoms with Crippen LogP contribution < -0.4 is 0 Å². The fraction of sp³-hybridized carbons (Fsp3) is 0.933. The van der Waals surface area contributed by atoms with Crippen LogP contribution in [-0.4, -0.2) is 49.4 Å². The van der Waals surface area contributed by atoms with Crippen molar-refractivity contribution in [2.45, 2.75) is 84.2 Å². The van der Waals surface area contributed by atoms with Crippen LogP contribution in [-0.2, 0) is 13.8 Å². The molecule has 22 heavy (non-hydrogen) atoms. The van der Waals surface area contributed by atoms with Gasteiger partial charge in [0, 0.05) is 18.1 Å². The van der Waals surface area contributed by atoms with E-state index in [1.54, 1.807) is 0 Å². The van der Waals surface area contributed by atoms with Gasteiger partial charge in [0.15, 0.2) is 0 Å². The van der Waals surface area contributed by atoms with E-state index < -0.39 is 8.53 Å². The van der Waals surface area contributed by atoms with Crippen LogP contribution in [0.2, 0.25) is 0 Å². The predicted octanol–water partition coefficient (Wildman–Crippen LogP) is 3.34. The van der Waals surface area contributed by atoms with Crippen molar-refractivity contribution in [2.75, 3.05) is 6.61 Å². The lowest BCUT2D eigenvalue weighted by atomic mass is 9.96. The summed E-state index contributed by atoms with van der Waals surface area (Å²) >= 11 is 0. The molecule has 0 spiro atoms. The monoisotopic (exact) mass is 326 g/mol. The predicted molar refractivity (Wildman–Crippen MR) is 89.4 cm³/mol. The molecule has 4 atom stereocenters. The van der Waals surface area contributed by atoms with Crippen LogP contribution in [0.4, 0.5) is 0 Å². The Morgan fingerprint density at radius 2 is 2.00 bits per heavy atom. The van der Waals surface area contributed by atoms with Crippen molar-refractivity contribution in [3.8, 4) is 6.07 Å². The SMILES string of the molecule is [B][C@H]1CC(OP(OCCC#N)N(C(C)C)C(C)C)[C@@H](CC)O1. The third-order valence-electron chi connectivity index (χ3n) is 3.52. The van der Waals surface area contributed by atoms with E-state index in [0.717, 1.165) is 6.42 Å². The molecule has 124 valence electrons. The van der Waals surface area contributed by atoms with Gasteiger partial charge in [-0.1, -0.05) is 6.92 Å². The van der Waals surface area contributed by atoms with Crippen molar-refractivity contribution >= 4 is 16.4 Å². The highest BCUT2D eigenvalue weighted by Gasteiger charge is 2.37. The number of nitriles is 1. The number of ether oxygens (including phenoxy) is 1. The third-order valence-corrected chi connectivity index (χ3v) is 5.67. The Bertz CT molecular complexity index is 357. The van der Waals surface area contributed by atoms with E-state index >= 15 is 0 Å². The Hall–Kier alpha value is -0.175. The molecule has 2 radical (unpaired) electrons. The molecule has 0 saturated carbocycles. The molecule has 1 heterocycles. The Kier molecular flexibility index (Phi) is 8.90. The molecule has 1 rings (SSSR count). The minimum absolute atomic E-state index is 0.0146. The third kappa shape index (κ3) is 5.79. The zero-order valence-electron chi connectivity index (χ0n) is 14.4. The first-order valence-electron chi connectivity index (χ1n) is 8.06. The quantitative estimate of drug-likeness (QED) is 0.369. The summed E-state index contributed by atoms with van der Waals surface area (Å²) in [5, 5.41) is 8.72. The van der Waals surface area contributed by atoms with Gasteiger partial charge in [0.2, 0.25) is 0 Å². The van der Waals surface area contributed by atoms with E-state index in [4.69, 9.17) is 26.9 Å². The van der Waals surface area contributed by atoms with E-state index in [1.165, 1.54) is 0 Å². The molecule has 1 aliphatic heterocycles. The second-order valence-electron chi connectivity index (χ2n) is 6.05. The standard InChI is InChI=1S/C15H28BN2O3P/c1-6-13-14(10-15(16)20-13)21-22(19-9-7-8-17)18(11(2)3)12(4)5/h11-15H,6-7,9-10H2,1-5H3/t13-,14?,15-,22?/m1/s1. The molecular weight excluding hydrogens is 298 g/mol. The van der Waals surface area contributed by atoms with Gasteiger partial charge in [0.25, 0.3) is 8.53 Å². The van der Waals surface area contributed by atoms with E-state index in [2.05, 4.69) is 45.4 Å². The lowest BCUT2D eigenvalue weighted by Crippen LogP contribution is -2.35. The summed E-state index contributed by atoms with van der Waals surface area (Å²) in [6.07, 6.45) is 1.88. The highest BCUT2D eigenvalue weighted by Crippen LogP contribution is 2.49. The Balaban J connectivity index is 2.78. The molecule has 0 amide bonds. The van der Waals surface area contributed by atoms with Gasteiger partial charge in [-0.05, 0) is 40.5 Å². The van der Waals surface area contributed by atoms with Crippen molar-refractivity contribution in [1.82, 2.24) is 4.67 Å². The highest BCUT2D eigenvalue weighted by molar-refractivity contribution is 7.44.